The molecule has 0 aromatic heterocycles. The van der Waals surface area contributed by atoms with E-state index in [1.165, 1.54) is 4.31 Å². The number of sulfonamides is 1. The molecule has 1 N–H and O–H groups in total. The van der Waals surface area contributed by atoms with Gasteiger partial charge in [-0.1, -0.05) is 44.2 Å². The molecule has 0 bridgehead atoms. The highest BCUT2D eigenvalue weighted by Gasteiger charge is 2.41. The lowest BCUT2D eigenvalue weighted by molar-refractivity contribution is -0.179. The number of carbonyl (C=O) groups excluding carboxylic acids is 1. The molecule has 2 aliphatic heterocycles. The Balaban J connectivity index is 1.46. The van der Waals surface area contributed by atoms with E-state index < -0.39 is 16.1 Å². The Bertz CT molecular complexity index is 1160. The maximum Gasteiger partial charge on any atom is 0.407 e. The summed E-state index contributed by atoms with van der Waals surface area (Å²) in [5.74, 6) is 0.752. The summed E-state index contributed by atoms with van der Waals surface area (Å²) in [5.41, 5.74) is 1.05. The highest BCUT2D eigenvalue weighted by atomic mass is 32.2. The molecule has 2 aromatic carbocycles. The largest absolute Gasteiger partial charge is 0.497 e. The van der Waals surface area contributed by atoms with Crippen molar-refractivity contribution in [2.45, 2.75) is 62.9 Å². The van der Waals surface area contributed by atoms with Gasteiger partial charge in [-0.3, -0.25) is 0 Å². The van der Waals surface area contributed by atoms with Crippen molar-refractivity contribution in [3.05, 3.63) is 60.2 Å². The molecule has 0 radical (unpaired) electrons. The summed E-state index contributed by atoms with van der Waals surface area (Å²) in [5, 5.41) is 3.03. The van der Waals surface area contributed by atoms with Crippen molar-refractivity contribution in [2.24, 2.45) is 11.8 Å². The van der Waals surface area contributed by atoms with Crippen LogP contribution in [0.1, 0.15) is 38.7 Å². The van der Waals surface area contributed by atoms with Crippen molar-refractivity contribution < 1.29 is 32.2 Å². The number of amides is 1. The number of methoxy groups -OCH3 is 1. The van der Waals surface area contributed by atoms with Gasteiger partial charge in [0.15, 0.2) is 6.29 Å². The lowest BCUT2D eigenvalue weighted by Gasteiger charge is -2.32. The number of fused-ring (bicyclic) bond motifs is 1. The first kappa shape index (κ1) is 29.3. The van der Waals surface area contributed by atoms with E-state index in [0.29, 0.717) is 44.8 Å². The number of hydrogen-bond donors (Lipinski definition) is 1. The summed E-state index contributed by atoms with van der Waals surface area (Å²) in [6.07, 6.45) is 1.32. The molecule has 4 rings (SSSR count). The van der Waals surface area contributed by atoms with Gasteiger partial charge in [-0.2, -0.15) is 4.31 Å². The van der Waals surface area contributed by atoms with Crippen molar-refractivity contribution in [1.29, 1.82) is 0 Å². The Hall–Kier alpha value is -2.66. The second-order valence-electron chi connectivity index (χ2n) is 10.5. The Labute approximate surface area is 231 Å². The van der Waals surface area contributed by atoms with E-state index in [4.69, 9.17) is 18.9 Å². The van der Waals surface area contributed by atoms with Crippen LogP contribution in [0.25, 0.3) is 0 Å². The maximum absolute atomic E-state index is 13.6. The van der Waals surface area contributed by atoms with Gasteiger partial charge < -0.3 is 24.3 Å². The van der Waals surface area contributed by atoms with E-state index in [-0.39, 0.29) is 41.7 Å². The maximum atomic E-state index is 13.6. The SMILES string of the molecule is COc1ccc(S(=O)(=O)N(CC[C@H](Cc2ccccc2)NC(=O)OC2CCO[C@H]3OCC[C@@H]23)CC(C)C)cc1. The Morgan fingerprint density at radius 3 is 2.41 bits per heavy atom. The molecule has 9 nitrogen and oxygen atoms in total. The fraction of sp³-hybridized carbons (Fsp3) is 0.552. The van der Waals surface area contributed by atoms with Crippen LogP contribution in [0, 0.1) is 11.8 Å². The van der Waals surface area contributed by atoms with Crippen LogP contribution in [0.2, 0.25) is 0 Å². The second-order valence-corrected chi connectivity index (χ2v) is 12.5. The summed E-state index contributed by atoms with van der Waals surface area (Å²) in [6, 6.07) is 15.9. The Morgan fingerprint density at radius 1 is 1.05 bits per heavy atom. The number of ether oxygens (including phenoxy) is 4. The zero-order chi connectivity index (χ0) is 27.8. The van der Waals surface area contributed by atoms with Gasteiger partial charge in [0.2, 0.25) is 10.0 Å². The van der Waals surface area contributed by atoms with Gasteiger partial charge >= 0.3 is 6.09 Å². The van der Waals surface area contributed by atoms with Crippen LogP contribution in [0.4, 0.5) is 4.79 Å². The number of hydrogen-bond acceptors (Lipinski definition) is 7. The minimum atomic E-state index is -3.74. The van der Waals surface area contributed by atoms with Crippen LogP contribution >= 0.6 is 0 Å². The molecule has 1 unspecified atom stereocenters. The number of nitrogens with zero attached hydrogens (tertiary/aromatic N) is 1. The lowest BCUT2D eigenvalue weighted by Crippen LogP contribution is -2.45. The van der Waals surface area contributed by atoms with Gasteiger partial charge in [-0.25, -0.2) is 13.2 Å². The van der Waals surface area contributed by atoms with E-state index in [1.54, 1.807) is 31.4 Å². The normalized spacial score (nSPS) is 21.9. The minimum Gasteiger partial charge on any atom is -0.497 e. The van der Waals surface area contributed by atoms with Gasteiger partial charge in [0.25, 0.3) is 0 Å². The summed E-state index contributed by atoms with van der Waals surface area (Å²) in [7, 11) is -2.20. The van der Waals surface area contributed by atoms with Crippen LogP contribution in [0.5, 0.6) is 5.75 Å². The Morgan fingerprint density at radius 2 is 1.74 bits per heavy atom. The molecule has 2 aromatic rings. The van der Waals surface area contributed by atoms with E-state index in [0.717, 1.165) is 12.0 Å². The third kappa shape index (κ3) is 7.94. The smallest absolute Gasteiger partial charge is 0.407 e. The molecule has 39 heavy (non-hydrogen) atoms. The first-order valence-electron chi connectivity index (χ1n) is 13.6. The molecule has 4 atom stereocenters. The van der Waals surface area contributed by atoms with Gasteiger partial charge in [0, 0.05) is 31.5 Å². The quantitative estimate of drug-likeness (QED) is 0.415. The van der Waals surface area contributed by atoms with E-state index in [1.807, 2.05) is 44.2 Å². The average molecular weight is 561 g/mol. The molecule has 2 aliphatic rings. The molecule has 10 heteroatoms. The summed E-state index contributed by atoms with van der Waals surface area (Å²) >= 11 is 0. The highest BCUT2D eigenvalue weighted by molar-refractivity contribution is 7.89. The molecule has 1 amide bonds. The molecule has 214 valence electrons. The zero-order valence-electron chi connectivity index (χ0n) is 23.0. The lowest BCUT2D eigenvalue weighted by atomic mass is 9.96. The molecule has 2 heterocycles. The number of nitrogens with one attached hydrogen (secondary N) is 1. The molecule has 2 fully saturated rings. The fourth-order valence-electron chi connectivity index (χ4n) is 5.15. The standard InChI is InChI=1S/C29H40N2O7S/c1-21(2)20-31(39(33,34)25-11-9-24(35-3)10-12-25)16-13-23(19-22-7-5-4-6-8-22)30-29(32)38-27-15-18-37-28-26(27)14-17-36-28/h4-12,21,23,26-28H,13-20H2,1-3H3,(H,30,32)/t23-,26+,27?,28-/m1/s1. The summed E-state index contributed by atoms with van der Waals surface area (Å²) in [4.78, 5) is 13.3. The highest BCUT2D eigenvalue weighted by Crippen LogP contribution is 2.32. The summed E-state index contributed by atoms with van der Waals surface area (Å²) < 4.78 is 50.9. The van der Waals surface area contributed by atoms with Crippen molar-refractivity contribution in [3.63, 3.8) is 0 Å². The van der Waals surface area contributed by atoms with E-state index >= 15 is 0 Å². The van der Waals surface area contributed by atoms with Crippen LogP contribution < -0.4 is 10.1 Å². The number of rotatable bonds is 12. The first-order valence-corrected chi connectivity index (χ1v) is 15.1. The molecular formula is C29H40N2O7S. The van der Waals surface area contributed by atoms with Crippen LogP contribution in [0.15, 0.2) is 59.5 Å². The van der Waals surface area contributed by atoms with E-state index in [2.05, 4.69) is 5.32 Å². The predicted molar refractivity (Wildman–Crippen MR) is 147 cm³/mol. The van der Waals surface area contributed by atoms with Crippen LogP contribution in [0.3, 0.4) is 0 Å². The molecule has 0 aliphatic carbocycles. The number of alkyl carbamates (subject to hydrolysis) is 1. The van der Waals surface area contributed by atoms with Crippen molar-refractivity contribution in [2.75, 3.05) is 33.4 Å². The van der Waals surface area contributed by atoms with Gasteiger partial charge in [0.1, 0.15) is 11.9 Å². The molecule has 0 saturated carbocycles. The molecule has 2 saturated heterocycles. The molecular weight excluding hydrogens is 520 g/mol. The van der Waals surface area contributed by atoms with Crippen molar-refractivity contribution in [1.82, 2.24) is 9.62 Å². The van der Waals surface area contributed by atoms with Gasteiger partial charge in [-0.05, 0) is 55.0 Å². The van der Waals surface area contributed by atoms with Crippen molar-refractivity contribution >= 4 is 16.1 Å². The first-order chi connectivity index (χ1) is 18.8. The number of benzene rings is 2. The molecule has 0 spiro atoms. The van der Waals surface area contributed by atoms with E-state index in [9.17, 15) is 13.2 Å². The average Bonchev–Trinajstić information content (AvgIpc) is 3.41. The third-order valence-electron chi connectivity index (χ3n) is 7.14. The topological polar surface area (TPSA) is 103 Å². The van der Waals surface area contributed by atoms with Crippen LogP contribution in [-0.2, 0) is 30.7 Å². The van der Waals surface area contributed by atoms with Crippen LogP contribution in [-0.4, -0.2) is 70.7 Å². The zero-order valence-corrected chi connectivity index (χ0v) is 23.8. The summed E-state index contributed by atoms with van der Waals surface area (Å²) in [6.45, 7) is 5.67. The monoisotopic (exact) mass is 560 g/mol. The van der Waals surface area contributed by atoms with Gasteiger partial charge in [-0.15, -0.1) is 0 Å². The second kappa shape index (κ2) is 13.6. The third-order valence-corrected chi connectivity index (χ3v) is 9.02. The Kier molecular flexibility index (Phi) is 10.2. The van der Waals surface area contributed by atoms with Crippen molar-refractivity contribution in [3.8, 4) is 5.75 Å². The van der Waals surface area contributed by atoms with Gasteiger partial charge in [0.05, 0.1) is 25.2 Å². The number of carbonyl (C=O) groups is 1. The predicted octanol–water partition coefficient (Wildman–Crippen LogP) is 4.22. The fourth-order valence-corrected chi connectivity index (χ4v) is 6.77. The minimum absolute atomic E-state index is 0.0354.